The summed E-state index contributed by atoms with van der Waals surface area (Å²) in [4.78, 5) is 12.1. The van der Waals surface area contributed by atoms with Crippen LogP contribution in [0, 0.1) is 0 Å². The minimum atomic E-state index is -0.843. The number of carbonyl (C=O) groups excluding carboxylic acids is 1. The van der Waals surface area contributed by atoms with Crippen LogP contribution in [-0.2, 0) is 14.9 Å². The van der Waals surface area contributed by atoms with E-state index in [2.05, 4.69) is 0 Å². The summed E-state index contributed by atoms with van der Waals surface area (Å²) in [5.74, 6) is -1.04. The summed E-state index contributed by atoms with van der Waals surface area (Å²) >= 11 is 0. The second kappa shape index (κ2) is 5.01. The van der Waals surface area contributed by atoms with E-state index >= 15 is 0 Å². The maximum atomic E-state index is 12.1. The van der Waals surface area contributed by atoms with E-state index in [4.69, 9.17) is 4.74 Å². The van der Waals surface area contributed by atoms with Crippen LogP contribution in [0.3, 0.4) is 0 Å². The Hall–Kier alpha value is -2.13. The molecule has 3 heteroatoms. The topological polar surface area (TPSA) is 46.5 Å². The summed E-state index contributed by atoms with van der Waals surface area (Å²) in [5.41, 5.74) is 2.22. The summed E-state index contributed by atoms with van der Waals surface area (Å²) in [7, 11) is 1.36. The normalized spacial score (nSPS) is 27.2. The summed E-state index contributed by atoms with van der Waals surface area (Å²) in [6.45, 7) is 1.98. The zero-order valence-corrected chi connectivity index (χ0v) is 12.1. The first-order chi connectivity index (χ1) is 10.1. The highest BCUT2D eigenvalue weighted by atomic mass is 16.5. The van der Waals surface area contributed by atoms with Gasteiger partial charge in [-0.1, -0.05) is 54.6 Å². The van der Waals surface area contributed by atoms with E-state index in [0.29, 0.717) is 0 Å². The smallest absolute Gasteiger partial charge is 0.315 e. The van der Waals surface area contributed by atoms with E-state index in [9.17, 15) is 9.90 Å². The molecule has 0 unspecified atom stereocenters. The molecular formula is C18H18O3. The Labute approximate surface area is 124 Å². The molecule has 0 amide bonds. The molecule has 0 spiro atoms. The Morgan fingerprint density at radius 3 is 2.38 bits per heavy atom. The van der Waals surface area contributed by atoms with E-state index in [0.717, 1.165) is 16.7 Å². The van der Waals surface area contributed by atoms with E-state index in [1.54, 1.807) is 0 Å². The molecule has 2 aromatic rings. The molecule has 108 valence electrons. The van der Waals surface area contributed by atoms with Gasteiger partial charge in [0.25, 0.3) is 0 Å². The number of ether oxygens (including phenoxy) is 1. The fourth-order valence-corrected chi connectivity index (χ4v) is 3.40. The average Bonchev–Trinajstić information content (AvgIpc) is 2.77. The lowest BCUT2D eigenvalue weighted by molar-refractivity contribution is -0.145. The van der Waals surface area contributed by atoms with Gasteiger partial charge in [-0.25, -0.2) is 0 Å². The Kier molecular flexibility index (Phi) is 3.30. The van der Waals surface area contributed by atoms with Gasteiger partial charge in [0.05, 0.1) is 13.2 Å². The van der Waals surface area contributed by atoms with Crippen LogP contribution in [0.25, 0.3) is 0 Å². The quantitative estimate of drug-likeness (QED) is 0.861. The number of fused-ring (bicyclic) bond motifs is 1. The molecule has 0 saturated carbocycles. The van der Waals surface area contributed by atoms with E-state index in [1.165, 1.54) is 7.11 Å². The highest BCUT2D eigenvalue weighted by molar-refractivity contribution is 5.82. The van der Waals surface area contributed by atoms with Crippen LogP contribution >= 0.6 is 0 Å². The summed E-state index contributed by atoms with van der Waals surface area (Å²) in [5, 5.41) is 10.9. The molecule has 0 bridgehead atoms. The number of hydrogen-bond donors (Lipinski definition) is 1. The number of methoxy groups -OCH3 is 1. The first-order valence-corrected chi connectivity index (χ1v) is 7.01. The van der Waals surface area contributed by atoms with Gasteiger partial charge in [0.1, 0.15) is 5.92 Å². The molecule has 3 atom stereocenters. The number of aliphatic hydroxyl groups is 1. The number of aliphatic hydroxyl groups excluding tert-OH is 1. The van der Waals surface area contributed by atoms with Crippen LogP contribution in [0.1, 0.15) is 29.5 Å². The Bertz CT molecular complexity index is 665. The molecule has 2 aromatic carbocycles. The monoisotopic (exact) mass is 282 g/mol. The molecule has 1 aliphatic rings. The highest BCUT2D eigenvalue weighted by Crippen LogP contribution is 2.50. The lowest BCUT2D eigenvalue weighted by atomic mass is 9.75. The number of hydrogen-bond acceptors (Lipinski definition) is 3. The zero-order valence-electron chi connectivity index (χ0n) is 12.1. The van der Waals surface area contributed by atoms with Crippen LogP contribution in [0.5, 0.6) is 0 Å². The molecular weight excluding hydrogens is 264 g/mol. The van der Waals surface area contributed by atoms with Gasteiger partial charge in [0.2, 0.25) is 0 Å². The maximum Gasteiger partial charge on any atom is 0.315 e. The van der Waals surface area contributed by atoms with Crippen LogP contribution < -0.4 is 0 Å². The van der Waals surface area contributed by atoms with Crippen molar-refractivity contribution < 1.29 is 14.6 Å². The molecule has 21 heavy (non-hydrogen) atoms. The second-order valence-corrected chi connectivity index (χ2v) is 5.60. The SMILES string of the molecule is COC(=O)[C@H]1c2ccccc2[C@](C)(c2ccccc2)[C@H]1O. The van der Waals surface area contributed by atoms with Crippen molar-refractivity contribution in [2.24, 2.45) is 0 Å². The number of carbonyl (C=O) groups is 1. The van der Waals surface area contributed by atoms with Crippen molar-refractivity contribution >= 4 is 5.97 Å². The van der Waals surface area contributed by atoms with Gasteiger partial charge in [0, 0.05) is 5.41 Å². The van der Waals surface area contributed by atoms with Gasteiger partial charge in [-0.05, 0) is 23.6 Å². The van der Waals surface area contributed by atoms with Crippen molar-refractivity contribution in [2.45, 2.75) is 24.4 Å². The largest absolute Gasteiger partial charge is 0.468 e. The van der Waals surface area contributed by atoms with Crippen LogP contribution in [0.15, 0.2) is 54.6 Å². The first-order valence-electron chi connectivity index (χ1n) is 7.01. The molecule has 0 aliphatic heterocycles. The van der Waals surface area contributed by atoms with Gasteiger partial charge in [-0.3, -0.25) is 4.79 Å². The molecule has 0 radical (unpaired) electrons. The van der Waals surface area contributed by atoms with Crippen LogP contribution in [-0.4, -0.2) is 24.3 Å². The predicted molar refractivity (Wildman–Crippen MR) is 80.1 cm³/mol. The molecule has 1 aliphatic carbocycles. The molecule has 1 N–H and O–H groups in total. The second-order valence-electron chi connectivity index (χ2n) is 5.60. The van der Waals surface area contributed by atoms with Crippen LogP contribution in [0.2, 0.25) is 0 Å². The molecule has 0 saturated heterocycles. The predicted octanol–water partition coefficient (Wildman–Crippen LogP) is 2.62. The van der Waals surface area contributed by atoms with E-state index in [-0.39, 0.29) is 0 Å². The minimum Gasteiger partial charge on any atom is -0.468 e. The first kappa shape index (κ1) is 13.8. The molecule has 3 nitrogen and oxygen atoms in total. The average molecular weight is 282 g/mol. The number of benzene rings is 2. The summed E-state index contributed by atoms with van der Waals surface area (Å²) < 4.78 is 4.89. The number of rotatable bonds is 2. The van der Waals surface area contributed by atoms with Crippen molar-refractivity contribution in [3.63, 3.8) is 0 Å². The standard InChI is InChI=1S/C18H18O3/c1-18(12-8-4-3-5-9-12)14-11-7-6-10-13(14)15(16(18)19)17(20)21-2/h3-11,15-16,19H,1-2H3/t15-,16-,18-/m0/s1. The third-order valence-corrected chi connectivity index (χ3v) is 4.59. The van der Waals surface area contributed by atoms with Gasteiger partial charge in [-0.2, -0.15) is 0 Å². The van der Waals surface area contributed by atoms with Gasteiger partial charge < -0.3 is 9.84 Å². The van der Waals surface area contributed by atoms with E-state index in [1.807, 2.05) is 61.5 Å². The highest BCUT2D eigenvalue weighted by Gasteiger charge is 2.52. The summed E-state index contributed by atoms with van der Waals surface area (Å²) in [6.07, 6.45) is -0.843. The summed E-state index contributed by atoms with van der Waals surface area (Å²) in [6, 6.07) is 17.5. The van der Waals surface area contributed by atoms with Crippen molar-refractivity contribution in [1.29, 1.82) is 0 Å². The minimum absolute atomic E-state index is 0.394. The van der Waals surface area contributed by atoms with E-state index < -0.39 is 23.4 Å². The Morgan fingerprint density at radius 1 is 1.10 bits per heavy atom. The maximum absolute atomic E-state index is 12.1. The molecule has 0 heterocycles. The van der Waals surface area contributed by atoms with Crippen molar-refractivity contribution in [3.8, 4) is 0 Å². The van der Waals surface area contributed by atoms with Crippen molar-refractivity contribution in [1.82, 2.24) is 0 Å². The molecule has 3 rings (SSSR count). The third kappa shape index (κ3) is 1.88. The Morgan fingerprint density at radius 2 is 1.71 bits per heavy atom. The van der Waals surface area contributed by atoms with Crippen molar-refractivity contribution in [3.05, 3.63) is 71.3 Å². The van der Waals surface area contributed by atoms with Crippen molar-refractivity contribution in [2.75, 3.05) is 7.11 Å². The lowest BCUT2D eigenvalue weighted by Gasteiger charge is -2.31. The Balaban J connectivity index is 2.22. The van der Waals surface area contributed by atoms with Gasteiger partial charge >= 0.3 is 5.97 Å². The molecule has 0 aromatic heterocycles. The van der Waals surface area contributed by atoms with Gasteiger partial charge in [-0.15, -0.1) is 0 Å². The molecule has 0 fully saturated rings. The van der Waals surface area contributed by atoms with Crippen LogP contribution in [0.4, 0.5) is 0 Å². The fourth-order valence-electron chi connectivity index (χ4n) is 3.40. The third-order valence-electron chi connectivity index (χ3n) is 4.59. The lowest BCUT2D eigenvalue weighted by Crippen LogP contribution is -2.38. The number of esters is 1. The van der Waals surface area contributed by atoms with Gasteiger partial charge in [0.15, 0.2) is 0 Å². The fraction of sp³-hybridized carbons (Fsp3) is 0.278. The zero-order chi connectivity index (χ0) is 15.0.